The van der Waals surface area contributed by atoms with Gasteiger partial charge in [-0.1, -0.05) is 42.5 Å². The van der Waals surface area contributed by atoms with Gasteiger partial charge in [-0.3, -0.25) is 0 Å². The maximum absolute atomic E-state index is 3.98. The Bertz CT molecular complexity index is 3940. The molecule has 0 saturated carbocycles. The molecule has 11 aromatic heterocycles. The average molecular weight is 606 g/mol. The summed E-state index contributed by atoms with van der Waals surface area (Å²) in [6.45, 7) is 0. The first-order chi connectivity index (χ1) is 23.8. The minimum Gasteiger partial charge on any atom is -0.353 e. The number of H-pyrrole nitrogens is 2. The topological polar surface area (TPSA) is 44.8 Å². The Kier molecular flexibility index (Phi) is 2.74. The van der Waals surface area contributed by atoms with E-state index >= 15 is 0 Å². The number of benzene rings is 4. The molecule has 0 fully saturated rings. The summed E-state index contributed by atoms with van der Waals surface area (Å²) in [5.74, 6) is 0. The minimum absolute atomic E-state index is 0.956. The lowest BCUT2D eigenvalue weighted by Gasteiger charge is -2.19. The summed E-state index contributed by atoms with van der Waals surface area (Å²) < 4.78 is 7.90. The summed E-state index contributed by atoms with van der Waals surface area (Å²) in [6, 6.07) is 34.9. The summed E-state index contributed by atoms with van der Waals surface area (Å²) in [5.41, 5.74) is 19.4. The number of pyridine rings is 3. The zero-order valence-electron chi connectivity index (χ0n) is 25.2. The summed E-state index contributed by atoms with van der Waals surface area (Å²) >= 11 is 0. The SMILES string of the molecule is c1cc2[nH]c3c4c2c(c1)c1ccc2c5c6c7c(cccc7c7ccc8c9[nH]c%10cccc%11c%10c9c9c(c6c(c4c9n4c%11ccc34)n21)n78)C5. The molecular formula is C43H19N5. The van der Waals surface area contributed by atoms with E-state index in [-0.39, 0.29) is 0 Å². The molecule has 0 saturated heterocycles. The highest BCUT2D eigenvalue weighted by atomic mass is 15.0. The molecule has 0 bridgehead atoms. The number of rotatable bonds is 0. The third-order valence-electron chi connectivity index (χ3n) is 12.9. The van der Waals surface area contributed by atoms with Gasteiger partial charge in [-0.25, -0.2) is 0 Å². The molecule has 0 aliphatic heterocycles. The van der Waals surface area contributed by atoms with Gasteiger partial charge in [0, 0.05) is 71.3 Å². The molecule has 2 N–H and O–H groups in total. The number of aromatic nitrogens is 5. The van der Waals surface area contributed by atoms with Gasteiger partial charge < -0.3 is 23.2 Å². The molecule has 5 nitrogen and oxygen atoms in total. The van der Waals surface area contributed by atoms with E-state index in [2.05, 4.69) is 114 Å². The van der Waals surface area contributed by atoms with E-state index in [0.717, 1.165) is 6.42 Å². The van der Waals surface area contributed by atoms with Crippen LogP contribution in [0.15, 0.2) is 91.0 Å². The number of nitrogens with zero attached hydrogens (tertiary/aromatic N) is 3. The van der Waals surface area contributed by atoms with Crippen LogP contribution in [-0.2, 0) is 6.42 Å². The van der Waals surface area contributed by atoms with Gasteiger partial charge in [-0.2, -0.15) is 0 Å². The third kappa shape index (κ3) is 1.76. The van der Waals surface area contributed by atoms with Crippen LogP contribution in [0.2, 0.25) is 0 Å². The van der Waals surface area contributed by atoms with Crippen LogP contribution in [0, 0.1) is 0 Å². The maximum Gasteiger partial charge on any atom is 0.0717 e. The predicted molar refractivity (Wildman–Crippen MR) is 199 cm³/mol. The second-order valence-corrected chi connectivity index (χ2v) is 14.6. The van der Waals surface area contributed by atoms with E-state index < -0.39 is 0 Å². The maximum atomic E-state index is 3.98. The van der Waals surface area contributed by atoms with E-state index in [0.29, 0.717) is 0 Å². The van der Waals surface area contributed by atoms with Gasteiger partial charge in [0.2, 0.25) is 0 Å². The molecule has 1 aliphatic rings. The van der Waals surface area contributed by atoms with Crippen LogP contribution in [0.5, 0.6) is 0 Å². The van der Waals surface area contributed by atoms with Crippen molar-refractivity contribution in [1.82, 2.24) is 23.2 Å². The smallest absolute Gasteiger partial charge is 0.0717 e. The zero-order valence-corrected chi connectivity index (χ0v) is 25.2. The Balaban J connectivity index is 1.51. The summed E-state index contributed by atoms with van der Waals surface area (Å²) in [4.78, 5) is 7.95. The molecule has 4 aromatic carbocycles. The zero-order chi connectivity index (χ0) is 30.0. The van der Waals surface area contributed by atoms with Gasteiger partial charge in [0.1, 0.15) is 0 Å². The van der Waals surface area contributed by atoms with E-state index in [1.165, 1.54) is 147 Å². The van der Waals surface area contributed by atoms with Gasteiger partial charge in [0.25, 0.3) is 0 Å². The monoisotopic (exact) mass is 605 g/mol. The number of hydrogen-bond acceptors (Lipinski definition) is 0. The Morgan fingerprint density at radius 1 is 0.375 bits per heavy atom. The second kappa shape index (κ2) is 6.15. The molecule has 15 aromatic rings. The van der Waals surface area contributed by atoms with Gasteiger partial charge in [-0.15, -0.1) is 0 Å². The van der Waals surface area contributed by atoms with E-state index in [1.807, 2.05) is 0 Å². The van der Waals surface area contributed by atoms with Crippen molar-refractivity contribution in [3.63, 3.8) is 0 Å². The van der Waals surface area contributed by atoms with Crippen LogP contribution in [0.1, 0.15) is 11.1 Å². The van der Waals surface area contributed by atoms with Crippen molar-refractivity contribution in [2.45, 2.75) is 6.42 Å². The molecular weight excluding hydrogens is 587 g/mol. The van der Waals surface area contributed by atoms with Crippen LogP contribution < -0.4 is 0 Å². The highest BCUT2D eigenvalue weighted by Gasteiger charge is 2.34. The van der Waals surface area contributed by atoms with Crippen molar-refractivity contribution in [1.29, 1.82) is 0 Å². The summed E-state index contributed by atoms with van der Waals surface area (Å²) in [5, 5.41) is 16.3. The number of hydrogen-bond donors (Lipinski definition) is 2. The Hall–Kier alpha value is -6.46. The van der Waals surface area contributed by atoms with E-state index in [9.17, 15) is 0 Å². The van der Waals surface area contributed by atoms with Crippen molar-refractivity contribution in [2.24, 2.45) is 0 Å². The lowest BCUT2D eigenvalue weighted by molar-refractivity contribution is 1.24. The second-order valence-electron chi connectivity index (χ2n) is 14.6. The van der Waals surface area contributed by atoms with Gasteiger partial charge >= 0.3 is 0 Å². The predicted octanol–water partition coefficient (Wildman–Crippen LogP) is 10.9. The van der Waals surface area contributed by atoms with Crippen molar-refractivity contribution >= 4 is 136 Å². The molecule has 11 heterocycles. The van der Waals surface area contributed by atoms with Crippen molar-refractivity contribution in [2.75, 3.05) is 0 Å². The standard InChI is InChI=1S/C43H19N5/c1-4-17-16-21-27-11-10-25-19-6-2-8-22-31(19)34-37-41(46(25)27)36-33(21)30(17)18(5-1)24-12-14-28-39-35-32-20(7-3-9-23(32)45-39)26-13-15-29(40(34)44-22)48(26)43(37)38(35)42(36)47(24)28/h1-15,44-45H,16H2. The van der Waals surface area contributed by atoms with Crippen molar-refractivity contribution in [3.8, 4) is 0 Å². The first-order valence-electron chi connectivity index (χ1n) is 16.9. The number of fused-ring (bicyclic) bond motifs is 6. The lowest BCUT2D eigenvalue weighted by Crippen LogP contribution is -2.01. The first kappa shape index (κ1) is 21.4. The Labute approximate surface area is 267 Å². The quantitative estimate of drug-likeness (QED) is 0.162. The minimum atomic E-state index is 0.956. The fraction of sp³-hybridized carbons (Fsp3) is 0.0233. The molecule has 16 rings (SSSR count). The normalized spacial score (nSPS) is 14.6. The van der Waals surface area contributed by atoms with Crippen LogP contribution in [-0.4, -0.2) is 23.2 Å². The van der Waals surface area contributed by atoms with Crippen LogP contribution in [0.25, 0.3) is 136 Å². The van der Waals surface area contributed by atoms with E-state index in [1.54, 1.807) is 0 Å². The fourth-order valence-corrected chi connectivity index (χ4v) is 11.4. The third-order valence-corrected chi connectivity index (χ3v) is 12.9. The molecule has 0 amide bonds. The largest absolute Gasteiger partial charge is 0.353 e. The average Bonchev–Trinajstić information content (AvgIpc) is 3.94. The van der Waals surface area contributed by atoms with Crippen LogP contribution >= 0.6 is 0 Å². The van der Waals surface area contributed by atoms with Crippen LogP contribution in [0.3, 0.4) is 0 Å². The van der Waals surface area contributed by atoms with Crippen molar-refractivity contribution < 1.29 is 0 Å². The number of nitrogens with one attached hydrogen (secondary N) is 2. The molecule has 0 unspecified atom stereocenters. The molecule has 5 heteroatoms. The van der Waals surface area contributed by atoms with Gasteiger partial charge in [0.05, 0.1) is 60.7 Å². The first-order valence-corrected chi connectivity index (χ1v) is 16.9. The summed E-state index contributed by atoms with van der Waals surface area (Å²) in [6.07, 6.45) is 0.956. The fourth-order valence-electron chi connectivity index (χ4n) is 11.4. The Morgan fingerprint density at radius 2 is 0.833 bits per heavy atom. The van der Waals surface area contributed by atoms with E-state index in [4.69, 9.17) is 0 Å². The molecule has 216 valence electrons. The highest BCUT2D eigenvalue weighted by Crippen LogP contribution is 2.56. The molecule has 0 radical (unpaired) electrons. The van der Waals surface area contributed by atoms with Crippen LogP contribution in [0.4, 0.5) is 0 Å². The molecule has 48 heavy (non-hydrogen) atoms. The van der Waals surface area contributed by atoms with Crippen molar-refractivity contribution in [3.05, 3.63) is 102 Å². The molecule has 0 atom stereocenters. The highest BCUT2D eigenvalue weighted by molar-refractivity contribution is 6.48. The molecule has 1 aliphatic carbocycles. The summed E-state index contributed by atoms with van der Waals surface area (Å²) in [7, 11) is 0. The van der Waals surface area contributed by atoms with Gasteiger partial charge in [-0.05, 0) is 70.4 Å². The lowest BCUT2D eigenvalue weighted by atomic mass is 9.94. The number of aromatic amines is 2. The Morgan fingerprint density at radius 3 is 1.42 bits per heavy atom. The van der Waals surface area contributed by atoms with Gasteiger partial charge in [0.15, 0.2) is 0 Å². The molecule has 0 spiro atoms.